The third-order valence-electron chi connectivity index (χ3n) is 3.97. The molecule has 7 nitrogen and oxygen atoms in total. The van der Waals surface area contributed by atoms with Crippen molar-refractivity contribution >= 4 is 35.0 Å². The van der Waals surface area contributed by atoms with E-state index in [2.05, 4.69) is 10.3 Å². The summed E-state index contributed by atoms with van der Waals surface area (Å²) in [6.07, 6.45) is 3.08. The fraction of sp³-hybridized carbons (Fsp3) is 0.438. The van der Waals surface area contributed by atoms with E-state index >= 15 is 0 Å². The van der Waals surface area contributed by atoms with Crippen LogP contribution >= 0.6 is 23.1 Å². The molecular weight excluding hydrogens is 362 g/mol. The lowest BCUT2D eigenvalue weighted by Crippen LogP contribution is -2.41. The van der Waals surface area contributed by atoms with Gasteiger partial charge in [-0.15, -0.1) is 11.3 Å². The summed E-state index contributed by atoms with van der Waals surface area (Å²) < 4.78 is 6.00. The average molecular weight is 381 g/mol. The molecule has 25 heavy (non-hydrogen) atoms. The van der Waals surface area contributed by atoms with E-state index in [9.17, 15) is 9.59 Å². The molecule has 0 saturated carbocycles. The maximum atomic E-state index is 12.1. The Labute approximate surface area is 153 Å². The van der Waals surface area contributed by atoms with Crippen LogP contribution in [0.25, 0.3) is 0 Å². The standard InChI is InChI=1S/C16H19N3O4S2/c20-14-4-3-11(8-17-9-12-2-1-6-23-12)19(14)5-7-24-16-18-13(10-25-16)15(21)22/h1-2,6,10-11,17H,3-5,7-9H2,(H,21,22). The smallest absolute Gasteiger partial charge is 0.355 e. The number of nitrogens with zero attached hydrogens (tertiary/aromatic N) is 2. The largest absolute Gasteiger partial charge is 0.476 e. The van der Waals surface area contributed by atoms with Gasteiger partial charge in [0.25, 0.3) is 0 Å². The van der Waals surface area contributed by atoms with Crippen LogP contribution in [0.3, 0.4) is 0 Å². The maximum Gasteiger partial charge on any atom is 0.355 e. The Morgan fingerprint density at radius 3 is 3.16 bits per heavy atom. The molecular formula is C16H19N3O4S2. The molecule has 1 unspecified atom stereocenters. The number of nitrogens with one attached hydrogen (secondary N) is 1. The lowest BCUT2D eigenvalue weighted by atomic mass is 10.2. The monoisotopic (exact) mass is 381 g/mol. The molecule has 1 aliphatic rings. The van der Waals surface area contributed by atoms with E-state index < -0.39 is 5.97 Å². The summed E-state index contributed by atoms with van der Waals surface area (Å²) >= 11 is 2.81. The Morgan fingerprint density at radius 2 is 2.44 bits per heavy atom. The lowest BCUT2D eigenvalue weighted by Gasteiger charge is -2.24. The van der Waals surface area contributed by atoms with Crippen LogP contribution in [0.15, 0.2) is 32.5 Å². The van der Waals surface area contributed by atoms with Crippen LogP contribution in [0.5, 0.6) is 0 Å². The number of carboxylic acids is 1. The number of hydrogen-bond acceptors (Lipinski definition) is 7. The van der Waals surface area contributed by atoms with Crippen molar-refractivity contribution in [1.29, 1.82) is 0 Å². The summed E-state index contributed by atoms with van der Waals surface area (Å²) in [6.45, 7) is 2.02. The molecule has 0 aliphatic carbocycles. The number of carbonyl (C=O) groups is 2. The van der Waals surface area contributed by atoms with Crippen molar-refractivity contribution in [1.82, 2.24) is 15.2 Å². The highest BCUT2D eigenvalue weighted by Gasteiger charge is 2.30. The van der Waals surface area contributed by atoms with Crippen molar-refractivity contribution in [2.75, 3.05) is 18.8 Å². The van der Waals surface area contributed by atoms with Gasteiger partial charge in [-0.25, -0.2) is 9.78 Å². The number of thioether (sulfide) groups is 1. The van der Waals surface area contributed by atoms with Crippen molar-refractivity contribution in [3.63, 3.8) is 0 Å². The number of carbonyl (C=O) groups excluding carboxylic acids is 1. The van der Waals surface area contributed by atoms with Gasteiger partial charge in [-0.05, 0) is 18.6 Å². The van der Waals surface area contributed by atoms with Crippen LogP contribution in [-0.2, 0) is 11.3 Å². The highest BCUT2D eigenvalue weighted by molar-refractivity contribution is 8.01. The molecule has 3 rings (SSSR count). The first-order chi connectivity index (χ1) is 12.1. The second-order valence-corrected chi connectivity index (χ2v) is 7.84. The minimum atomic E-state index is -1.01. The van der Waals surface area contributed by atoms with Crippen molar-refractivity contribution < 1.29 is 19.1 Å². The van der Waals surface area contributed by atoms with Gasteiger partial charge in [-0.3, -0.25) is 4.79 Å². The minimum Gasteiger partial charge on any atom is -0.476 e. The normalized spacial score (nSPS) is 17.4. The van der Waals surface area contributed by atoms with E-state index in [4.69, 9.17) is 9.52 Å². The molecule has 134 valence electrons. The van der Waals surface area contributed by atoms with Crippen LogP contribution < -0.4 is 5.32 Å². The zero-order chi connectivity index (χ0) is 17.6. The average Bonchev–Trinajstić information content (AvgIpc) is 3.31. The minimum absolute atomic E-state index is 0.0738. The number of furan rings is 1. The van der Waals surface area contributed by atoms with Crippen LogP contribution in [0.1, 0.15) is 29.1 Å². The zero-order valence-corrected chi connectivity index (χ0v) is 15.1. The first-order valence-electron chi connectivity index (χ1n) is 7.97. The predicted molar refractivity (Wildman–Crippen MR) is 94.9 cm³/mol. The van der Waals surface area contributed by atoms with E-state index in [1.165, 1.54) is 28.5 Å². The van der Waals surface area contributed by atoms with Crippen LogP contribution in [-0.4, -0.2) is 51.8 Å². The molecule has 1 atom stereocenters. The van der Waals surface area contributed by atoms with Crippen molar-refractivity contribution in [3.8, 4) is 0 Å². The van der Waals surface area contributed by atoms with E-state index in [1.54, 1.807) is 6.26 Å². The number of rotatable bonds is 9. The van der Waals surface area contributed by atoms with E-state index in [0.717, 1.165) is 23.1 Å². The number of amides is 1. The number of likely N-dealkylation sites (tertiary alicyclic amines) is 1. The fourth-order valence-electron chi connectivity index (χ4n) is 2.74. The molecule has 0 spiro atoms. The van der Waals surface area contributed by atoms with Gasteiger partial charge in [0.1, 0.15) is 5.76 Å². The van der Waals surface area contributed by atoms with Gasteiger partial charge in [-0.1, -0.05) is 11.8 Å². The number of thiazole rings is 1. The molecule has 2 N–H and O–H groups in total. The maximum absolute atomic E-state index is 12.1. The highest BCUT2D eigenvalue weighted by Crippen LogP contribution is 2.24. The summed E-state index contributed by atoms with van der Waals surface area (Å²) in [5, 5.41) is 13.8. The summed E-state index contributed by atoms with van der Waals surface area (Å²) in [5.41, 5.74) is 0.0738. The molecule has 2 aromatic heterocycles. The van der Waals surface area contributed by atoms with Crippen LogP contribution in [0, 0.1) is 0 Å². The zero-order valence-electron chi connectivity index (χ0n) is 13.5. The van der Waals surface area contributed by atoms with Gasteiger partial charge in [-0.2, -0.15) is 0 Å². The van der Waals surface area contributed by atoms with Gasteiger partial charge in [0.05, 0.1) is 12.8 Å². The number of aromatic nitrogens is 1. The Balaban J connectivity index is 1.44. The second kappa shape index (κ2) is 8.50. The number of aromatic carboxylic acids is 1. The Bertz CT molecular complexity index is 717. The molecule has 0 aromatic carbocycles. The molecule has 1 fully saturated rings. The van der Waals surface area contributed by atoms with Gasteiger partial charge in [0, 0.05) is 36.7 Å². The Hall–Kier alpha value is -1.84. The molecule has 1 saturated heterocycles. The third-order valence-corrected chi connectivity index (χ3v) is 5.97. The van der Waals surface area contributed by atoms with E-state index in [-0.39, 0.29) is 17.6 Å². The summed E-state index contributed by atoms with van der Waals surface area (Å²) in [5.74, 6) is 0.744. The van der Waals surface area contributed by atoms with Gasteiger partial charge < -0.3 is 19.7 Å². The molecule has 1 aliphatic heterocycles. The van der Waals surface area contributed by atoms with Crippen LogP contribution in [0.2, 0.25) is 0 Å². The van der Waals surface area contributed by atoms with E-state index in [0.29, 0.717) is 25.3 Å². The van der Waals surface area contributed by atoms with Crippen molar-refractivity contribution in [2.24, 2.45) is 0 Å². The number of hydrogen-bond donors (Lipinski definition) is 2. The Morgan fingerprint density at radius 1 is 1.56 bits per heavy atom. The molecule has 1 amide bonds. The summed E-state index contributed by atoms with van der Waals surface area (Å²) in [4.78, 5) is 28.9. The first kappa shape index (κ1) is 18.0. The topological polar surface area (TPSA) is 95.7 Å². The summed E-state index contributed by atoms with van der Waals surface area (Å²) in [7, 11) is 0. The summed E-state index contributed by atoms with van der Waals surface area (Å²) in [6, 6.07) is 3.96. The Kier molecular flexibility index (Phi) is 6.11. The quantitative estimate of drug-likeness (QED) is 0.644. The molecule has 0 radical (unpaired) electrons. The van der Waals surface area contributed by atoms with Gasteiger partial charge in [0.15, 0.2) is 10.0 Å². The molecule has 3 heterocycles. The van der Waals surface area contributed by atoms with Crippen molar-refractivity contribution in [3.05, 3.63) is 35.2 Å². The van der Waals surface area contributed by atoms with Gasteiger partial charge in [0.2, 0.25) is 5.91 Å². The van der Waals surface area contributed by atoms with E-state index in [1.807, 2.05) is 17.0 Å². The molecule has 9 heteroatoms. The number of carboxylic acid groups (broad SMARTS) is 1. The predicted octanol–water partition coefficient (Wildman–Crippen LogP) is 2.31. The fourth-order valence-corrected chi connectivity index (χ4v) is 4.55. The first-order valence-corrected chi connectivity index (χ1v) is 9.84. The van der Waals surface area contributed by atoms with Gasteiger partial charge >= 0.3 is 5.97 Å². The molecule has 0 bridgehead atoms. The SMILES string of the molecule is O=C(O)c1csc(SCCN2C(=O)CCC2CNCc2ccco2)n1. The lowest BCUT2D eigenvalue weighted by molar-refractivity contribution is -0.128. The second-order valence-electron chi connectivity index (χ2n) is 5.64. The third kappa shape index (κ3) is 4.83. The highest BCUT2D eigenvalue weighted by atomic mass is 32.2. The van der Waals surface area contributed by atoms with Crippen molar-refractivity contribution in [2.45, 2.75) is 29.8 Å². The van der Waals surface area contributed by atoms with Crippen LogP contribution in [0.4, 0.5) is 0 Å². The molecule has 2 aromatic rings.